The fourth-order valence-corrected chi connectivity index (χ4v) is 3.00. The molecule has 1 aromatic carbocycles. The summed E-state index contributed by atoms with van der Waals surface area (Å²) in [4.78, 5) is 28.2. The molecule has 11 heteroatoms. The maximum absolute atomic E-state index is 14.7. The maximum Gasteiger partial charge on any atom is 0.299 e. The minimum Gasteiger partial charge on any atom is -0.483 e. The molecule has 0 saturated heterocycles. The first-order chi connectivity index (χ1) is 14.6. The van der Waals surface area contributed by atoms with E-state index in [0.717, 1.165) is 25.1 Å². The van der Waals surface area contributed by atoms with Gasteiger partial charge in [0.15, 0.2) is 17.1 Å². The molecule has 3 rings (SSSR count). The molecule has 7 nitrogen and oxygen atoms in total. The number of pyridine rings is 1. The number of ketones is 1. The van der Waals surface area contributed by atoms with Crippen LogP contribution >= 0.6 is 0 Å². The third kappa shape index (κ3) is 5.23. The van der Waals surface area contributed by atoms with Gasteiger partial charge < -0.3 is 15.6 Å². The number of carboxylic acid groups (broad SMARTS) is 1. The fraction of sp³-hybridized carbons (Fsp3) is 0.300. The topological polar surface area (TPSA) is 115 Å². The van der Waals surface area contributed by atoms with E-state index in [1.807, 2.05) is 0 Å². The van der Waals surface area contributed by atoms with Crippen LogP contribution in [0.4, 0.5) is 17.6 Å². The molecular formula is C20H19F4N3O4. The molecule has 1 atom stereocenters. The molecule has 0 spiro atoms. The van der Waals surface area contributed by atoms with Gasteiger partial charge in [-0.3, -0.25) is 19.6 Å². The van der Waals surface area contributed by atoms with Crippen LogP contribution in [0, 0.1) is 11.6 Å². The fourth-order valence-electron chi connectivity index (χ4n) is 3.00. The van der Waals surface area contributed by atoms with Crippen molar-refractivity contribution in [1.29, 1.82) is 0 Å². The van der Waals surface area contributed by atoms with Crippen LogP contribution in [-0.4, -0.2) is 47.3 Å². The molecule has 0 fully saturated rings. The molecular weight excluding hydrogens is 422 g/mol. The first kappa shape index (κ1) is 23.9. The smallest absolute Gasteiger partial charge is 0.299 e. The highest BCUT2D eigenvalue weighted by molar-refractivity contribution is 5.96. The van der Waals surface area contributed by atoms with E-state index in [1.165, 1.54) is 18.3 Å². The van der Waals surface area contributed by atoms with Crippen molar-refractivity contribution in [3.05, 3.63) is 65.0 Å². The quantitative estimate of drug-likeness (QED) is 0.428. The zero-order valence-corrected chi connectivity index (χ0v) is 16.3. The van der Waals surface area contributed by atoms with Gasteiger partial charge in [0.1, 0.15) is 30.6 Å². The van der Waals surface area contributed by atoms with E-state index in [4.69, 9.17) is 20.4 Å². The molecule has 1 aliphatic heterocycles. The van der Waals surface area contributed by atoms with Crippen LogP contribution in [-0.2, 0) is 21.5 Å². The molecule has 1 aliphatic rings. The molecule has 2 heterocycles. The average molecular weight is 441 g/mol. The normalized spacial score (nSPS) is 20.0. The predicted molar refractivity (Wildman–Crippen MR) is 102 cm³/mol. The third-order valence-corrected chi connectivity index (χ3v) is 4.56. The van der Waals surface area contributed by atoms with Crippen molar-refractivity contribution in [3.8, 4) is 0 Å². The van der Waals surface area contributed by atoms with Crippen LogP contribution < -0.4 is 5.73 Å². The molecule has 31 heavy (non-hydrogen) atoms. The van der Waals surface area contributed by atoms with E-state index in [0.29, 0.717) is 0 Å². The molecule has 0 bridgehead atoms. The summed E-state index contributed by atoms with van der Waals surface area (Å²) in [6, 6.07) is 5.76. The monoisotopic (exact) mass is 441 g/mol. The van der Waals surface area contributed by atoms with Gasteiger partial charge in [0.05, 0.1) is 0 Å². The summed E-state index contributed by atoms with van der Waals surface area (Å²) in [5.41, 5.74) is 2.67. The van der Waals surface area contributed by atoms with Crippen LogP contribution in [0.2, 0.25) is 0 Å². The summed E-state index contributed by atoms with van der Waals surface area (Å²) < 4.78 is 62.4. The summed E-state index contributed by atoms with van der Waals surface area (Å²) in [6.45, 7) is -0.490. The molecule has 0 aliphatic carbocycles. The SMILES string of the molecule is C[C@]1(c2cc(CC(=O)c3ncccc3F)ccc2F)N=C(N)COCC1(F)F.O=CO. The van der Waals surface area contributed by atoms with Crippen molar-refractivity contribution in [2.75, 3.05) is 13.2 Å². The lowest BCUT2D eigenvalue weighted by atomic mass is 9.84. The molecule has 0 amide bonds. The largest absolute Gasteiger partial charge is 0.483 e. The lowest BCUT2D eigenvalue weighted by molar-refractivity contribution is -0.122. The number of nitrogens with two attached hydrogens (primary N) is 1. The average Bonchev–Trinajstić information content (AvgIpc) is 2.79. The number of aliphatic imine (C=N–C) groups is 1. The van der Waals surface area contributed by atoms with Crippen molar-refractivity contribution in [3.63, 3.8) is 0 Å². The van der Waals surface area contributed by atoms with Crippen LogP contribution in [0.25, 0.3) is 0 Å². The van der Waals surface area contributed by atoms with E-state index in [-0.39, 0.29) is 36.6 Å². The second-order valence-electron chi connectivity index (χ2n) is 6.73. The Morgan fingerprint density at radius 1 is 1.29 bits per heavy atom. The zero-order valence-electron chi connectivity index (χ0n) is 16.3. The Balaban J connectivity index is 0.00000107. The van der Waals surface area contributed by atoms with E-state index < -0.39 is 41.0 Å². The number of alkyl halides is 2. The highest BCUT2D eigenvalue weighted by Crippen LogP contribution is 2.43. The molecule has 166 valence electrons. The lowest BCUT2D eigenvalue weighted by Crippen LogP contribution is -2.45. The minimum atomic E-state index is -3.55. The molecule has 0 saturated carbocycles. The highest BCUT2D eigenvalue weighted by Gasteiger charge is 2.54. The Kier molecular flexibility index (Phi) is 7.45. The van der Waals surface area contributed by atoms with E-state index in [2.05, 4.69) is 9.98 Å². The Morgan fingerprint density at radius 2 is 1.97 bits per heavy atom. The van der Waals surface area contributed by atoms with Gasteiger partial charge in [0, 0.05) is 18.2 Å². The highest BCUT2D eigenvalue weighted by atomic mass is 19.3. The first-order valence-corrected chi connectivity index (χ1v) is 8.86. The number of hydrogen-bond donors (Lipinski definition) is 2. The first-order valence-electron chi connectivity index (χ1n) is 8.86. The zero-order chi connectivity index (χ0) is 23.2. The van der Waals surface area contributed by atoms with Crippen molar-refractivity contribution in [2.45, 2.75) is 24.8 Å². The van der Waals surface area contributed by atoms with Gasteiger partial charge in [-0.05, 0) is 36.8 Å². The number of benzene rings is 1. The van der Waals surface area contributed by atoms with E-state index >= 15 is 0 Å². The van der Waals surface area contributed by atoms with Gasteiger partial charge in [0.25, 0.3) is 12.4 Å². The van der Waals surface area contributed by atoms with Crippen molar-refractivity contribution in [2.24, 2.45) is 10.7 Å². The number of carbonyl (C=O) groups is 2. The minimum absolute atomic E-state index is 0.198. The number of carbonyl (C=O) groups excluding carboxylic acids is 1. The van der Waals surface area contributed by atoms with Crippen molar-refractivity contribution in [1.82, 2.24) is 4.98 Å². The van der Waals surface area contributed by atoms with Gasteiger partial charge >= 0.3 is 0 Å². The van der Waals surface area contributed by atoms with Crippen molar-refractivity contribution < 1.29 is 37.0 Å². The number of ether oxygens (including phenoxy) is 1. The lowest BCUT2D eigenvalue weighted by Gasteiger charge is -2.33. The molecule has 3 N–H and O–H groups in total. The van der Waals surface area contributed by atoms with Gasteiger partial charge in [0.2, 0.25) is 0 Å². The number of Topliss-reactive ketones (excluding diaryl/α,β-unsaturated/α-hetero) is 1. The van der Waals surface area contributed by atoms with Crippen LogP contribution in [0.3, 0.4) is 0 Å². The Labute approximate surface area is 174 Å². The van der Waals surface area contributed by atoms with Gasteiger partial charge in [-0.15, -0.1) is 0 Å². The second kappa shape index (κ2) is 9.65. The van der Waals surface area contributed by atoms with Gasteiger partial charge in [-0.1, -0.05) is 6.07 Å². The van der Waals surface area contributed by atoms with Crippen LogP contribution in [0.15, 0.2) is 41.5 Å². The summed E-state index contributed by atoms with van der Waals surface area (Å²) in [6.07, 6.45) is 0.912. The second-order valence-corrected chi connectivity index (χ2v) is 6.73. The van der Waals surface area contributed by atoms with Crippen molar-refractivity contribution >= 4 is 18.1 Å². The van der Waals surface area contributed by atoms with Crippen LogP contribution in [0.1, 0.15) is 28.5 Å². The van der Waals surface area contributed by atoms with Gasteiger partial charge in [-0.25, -0.2) is 17.6 Å². The van der Waals surface area contributed by atoms with Gasteiger partial charge in [-0.2, -0.15) is 0 Å². The Bertz CT molecular complexity index is 1000. The number of amidine groups is 1. The predicted octanol–water partition coefficient (Wildman–Crippen LogP) is 2.72. The summed E-state index contributed by atoms with van der Waals surface area (Å²) in [5.74, 6) is -6.15. The third-order valence-electron chi connectivity index (χ3n) is 4.56. The number of aromatic nitrogens is 1. The van der Waals surface area contributed by atoms with Crippen LogP contribution in [0.5, 0.6) is 0 Å². The van der Waals surface area contributed by atoms with E-state index in [9.17, 15) is 22.4 Å². The number of rotatable bonds is 4. The number of hydrogen-bond acceptors (Lipinski definition) is 6. The molecule has 0 unspecified atom stereocenters. The molecule has 0 radical (unpaired) electrons. The molecule has 1 aromatic heterocycles. The summed E-state index contributed by atoms with van der Waals surface area (Å²) in [5, 5.41) is 6.89. The number of halogens is 4. The maximum atomic E-state index is 14.7. The Hall–Kier alpha value is -3.34. The summed E-state index contributed by atoms with van der Waals surface area (Å²) in [7, 11) is 0. The standard InChI is InChI=1S/C19H17F4N3O2.CH2O2/c1-18(19(22,23)10-28-9-16(24)26-18)12-7-11(4-5-13(12)20)8-15(27)17-14(21)3-2-6-25-17;2-1-3/h2-7H,8-10H2,1H3,(H2,24,26);1H,(H,2,3)/t18-;/m1./s1. The molecule has 2 aromatic rings. The van der Waals surface area contributed by atoms with E-state index in [1.54, 1.807) is 0 Å². The summed E-state index contributed by atoms with van der Waals surface area (Å²) >= 11 is 0. The number of nitrogens with zero attached hydrogens (tertiary/aromatic N) is 2. The Morgan fingerprint density at radius 3 is 2.61 bits per heavy atom.